The number of amides is 2. The van der Waals surface area contributed by atoms with Crippen molar-refractivity contribution in [3.63, 3.8) is 0 Å². The molecule has 1 fully saturated rings. The molecular weight excluding hydrogens is 418 g/mol. The van der Waals surface area contributed by atoms with Crippen molar-refractivity contribution in [1.29, 1.82) is 0 Å². The minimum Gasteiger partial charge on any atom is -0.492 e. The molecule has 0 unspecified atom stereocenters. The second-order valence-corrected chi connectivity index (χ2v) is 7.69. The molecule has 0 aromatic carbocycles. The number of rotatable bonds is 3. The fourth-order valence-corrected chi connectivity index (χ4v) is 4.39. The second kappa shape index (κ2) is 8.60. The van der Waals surface area contributed by atoms with Gasteiger partial charge in [0.25, 0.3) is 0 Å². The van der Waals surface area contributed by atoms with Gasteiger partial charge in [0.15, 0.2) is 5.75 Å². The lowest BCUT2D eigenvalue weighted by molar-refractivity contribution is 0.257. The lowest BCUT2D eigenvalue weighted by Gasteiger charge is -2.34. The Balaban J connectivity index is 0.00000231. The lowest BCUT2D eigenvalue weighted by atomic mass is 10.1. The molecule has 2 aliphatic heterocycles. The van der Waals surface area contributed by atoms with Crippen molar-refractivity contribution in [2.24, 2.45) is 0 Å². The molecule has 164 valence electrons. The number of pyridine rings is 2. The molecule has 31 heavy (non-hydrogen) atoms. The van der Waals surface area contributed by atoms with Crippen molar-refractivity contribution in [2.45, 2.75) is 19.4 Å². The SMILES string of the molecule is COc1c(NC(=O)N2CCc3c(N4CCN[C@H](C)C4)ccnc32)ccn2nccc12.Cl. The Labute approximate surface area is 186 Å². The largest absolute Gasteiger partial charge is 0.492 e. The first-order chi connectivity index (χ1) is 14.7. The first-order valence-corrected chi connectivity index (χ1v) is 10.2. The number of piperazine rings is 1. The zero-order chi connectivity index (χ0) is 20.7. The van der Waals surface area contributed by atoms with Gasteiger partial charge in [-0.25, -0.2) is 14.3 Å². The summed E-state index contributed by atoms with van der Waals surface area (Å²) in [5.74, 6) is 1.32. The summed E-state index contributed by atoms with van der Waals surface area (Å²) in [5, 5.41) is 10.7. The summed E-state index contributed by atoms with van der Waals surface area (Å²) in [6.07, 6.45) is 6.09. The summed E-state index contributed by atoms with van der Waals surface area (Å²) in [6.45, 7) is 5.66. The van der Waals surface area contributed by atoms with E-state index in [2.05, 4.69) is 38.6 Å². The van der Waals surface area contributed by atoms with E-state index in [4.69, 9.17) is 4.74 Å². The maximum absolute atomic E-state index is 13.1. The molecule has 0 bridgehead atoms. The van der Waals surface area contributed by atoms with Gasteiger partial charge in [0, 0.05) is 55.9 Å². The Bertz CT molecular complexity index is 1100. The van der Waals surface area contributed by atoms with Gasteiger partial charge in [-0.3, -0.25) is 4.90 Å². The highest BCUT2D eigenvalue weighted by atomic mass is 35.5. The predicted molar refractivity (Wildman–Crippen MR) is 123 cm³/mol. The van der Waals surface area contributed by atoms with Gasteiger partial charge in [0.1, 0.15) is 11.3 Å². The van der Waals surface area contributed by atoms with Crippen LogP contribution in [0.15, 0.2) is 36.8 Å². The Hall–Kier alpha value is -3.04. The summed E-state index contributed by atoms with van der Waals surface area (Å²) in [7, 11) is 1.59. The fraction of sp³-hybridized carbons (Fsp3) is 0.381. The molecular formula is C21H26ClN7O2. The number of ether oxygens (including phenoxy) is 1. The normalized spacial score (nSPS) is 17.9. The van der Waals surface area contributed by atoms with Gasteiger partial charge >= 0.3 is 6.03 Å². The molecule has 0 spiro atoms. The third kappa shape index (κ3) is 3.75. The Morgan fingerprint density at radius 1 is 1.26 bits per heavy atom. The molecule has 2 N–H and O–H groups in total. The number of hydrogen-bond donors (Lipinski definition) is 2. The molecule has 3 aromatic rings. The van der Waals surface area contributed by atoms with Gasteiger partial charge < -0.3 is 20.3 Å². The van der Waals surface area contributed by atoms with E-state index in [1.54, 1.807) is 41.2 Å². The van der Waals surface area contributed by atoms with Gasteiger partial charge in [0.05, 0.1) is 19.0 Å². The van der Waals surface area contributed by atoms with Crippen molar-refractivity contribution in [1.82, 2.24) is 19.9 Å². The van der Waals surface area contributed by atoms with E-state index in [0.29, 0.717) is 24.0 Å². The summed E-state index contributed by atoms with van der Waals surface area (Å²) in [4.78, 5) is 21.8. The van der Waals surface area contributed by atoms with Gasteiger partial charge in [-0.05, 0) is 31.5 Å². The van der Waals surface area contributed by atoms with Crippen LogP contribution in [0.2, 0.25) is 0 Å². The van der Waals surface area contributed by atoms with Crippen LogP contribution in [0.5, 0.6) is 5.75 Å². The van der Waals surface area contributed by atoms with E-state index in [9.17, 15) is 4.79 Å². The molecule has 2 amide bonds. The van der Waals surface area contributed by atoms with Crippen LogP contribution in [0, 0.1) is 0 Å². The maximum atomic E-state index is 13.1. The molecule has 1 atom stereocenters. The smallest absolute Gasteiger partial charge is 0.327 e. The highest BCUT2D eigenvalue weighted by molar-refractivity contribution is 6.04. The predicted octanol–water partition coefficient (Wildman–Crippen LogP) is 2.55. The quantitative estimate of drug-likeness (QED) is 0.647. The van der Waals surface area contributed by atoms with Gasteiger partial charge in [-0.15, -0.1) is 12.4 Å². The number of fused-ring (bicyclic) bond motifs is 2. The van der Waals surface area contributed by atoms with Crippen LogP contribution in [-0.2, 0) is 6.42 Å². The van der Waals surface area contributed by atoms with E-state index >= 15 is 0 Å². The number of hydrogen-bond acceptors (Lipinski definition) is 6. The van der Waals surface area contributed by atoms with Crippen LogP contribution in [0.4, 0.5) is 22.0 Å². The summed E-state index contributed by atoms with van der Waals surface area (Å²) >= 11 is 0. The number of anilines is 3. The van der Waals surface area contributed by atoms with Crippen molar-refractivity contribution < 1.29 is 9.53 Å². The average molecular weight is 444 g/mol. The molecule has 5 heterocycles. The summed E-state index contributed by atoms with van der Waals surface area (Å²) in [6, 6.07) is 5.93. The van der Waals surface area contributed by atoms with Crippen molar-refractivity contribution >= 4 is 41.1 Å². The minimum absolute atomic E-state index is 0. The fourth-order valence-electron chi connectivity index (χ4n) is 4.39. The molecule has 5 rings (SSSR count). The van der Waals surface area contributed by atoms with E-state index in [-0.39, 0.29) is 18.4 Å². The van der Waals surface area contributed by atoms with E-state index in [1.807, 2.05) is 6.07 Å². The van der Waals surface area contributed by atoms with Crippen LogP contribution < -0.4 is 25.2 Å². The van der Waals surface area contributed by atoms with Gasteiger partial charge in [-0.1, -0.05) is 0 Å². The molecule has 10 heteroatoms. The van der Waals surface area contributed by atoms with Gasteiger partial charge in [-0.2, -0.15) is 5.10 Å². The van der Waals surface area contributed by atoms with Crippen molar-refractivity contribution in [2.75, 3.05) is 48.4 Å². The summed E-state index contributed by atoms with van der Waals surface area (Å²) in [5.41, 5.74) is 3.73. The monoisotopic (exact) mass is 443 g/mol. The third-order valence-electron chi connectivity index (χ3n) is 5.78. The maximum Gasteiger partial charge on any atom is 0.327 e. The molecule has 0 aliphatic carbocycles. The number of carbonyl (C=O) groups excluding carboxylic acids is 1. The van der Waals surface area contributed by atoms with Crippen LogP contribution in [0.3, 0.4) is 0 Å². The number of aromatic nitrogens is 3. The van der Waals surface area contributed by atoms with Crippen LogP contribution >= 0.6 is 12.4 Å². The topological polar surface area (TPSA) is 87.0 Å². The van der Waals surface area contributed by atoms with Crippen LogP contribution in [0.1, 0.15) is 12.5 Å². The third-order valence-corrected chi connectivity index (χ3v) is 5.78. The number of nitrogens with zero attached hydrogens (tertiary/aromatic N) is 5. The first kappa shape index (κ1) is 21.2. The highest BCUT2D eigenvalue weighted by Crippen LogP contribution is 2.35. The average Bonchev–Trinajstić information content (AvgIpc) is 3.40. The number of halogens is 1. The molecule has 9 nitrogen and oxygen atoms in total. The Morgan fingerprint density at radius 2 is 2.13 bits per heavy atom. The Kier molecular flexibility index (Phi) is 5.88. The number of nitrogens with one attached hydrogen (secondary N) is 2. The lowest BCUT2D eigenvalue weighted by Crippen LogP contribution is -2.49. The number of carbonyl (C=O) groups is 1. The van der Waals surface area contributed by atoms with E-state index in [1.165, 1.54) is 5.69 Å². The molecule has 0 saturated carbocycles. The number of urea groups is 1. The summed E-state index contributed by atoms with van der Waals surface area (Å²) < 4.78 is 7.25. The van der Waals surface area contributed by atoms with Crippen molar-refractivity contribution in [3.8, 4) is 5.75 Å². The number of methoxy groups -OCH3 is 1. The van der Waals surface area contributed by atoms with E-state index < -0.39 is 0 Å². The van der Waals surface area contributed by atoms with Crippen LogP contribution in [0.25, 0.3) is 5.52 Å². The Morgan fingerprint density at radius 3 is 2.94 bits per heavy atom. The zero-order valence-corrected chi connectivity index (χ0v) is 18.4. The first-order valence-electron chi connectivity index (χ1n) is 10.2. The molecule has 1 saturated heterocycles. The van der Waals surface area contributed by atoms with Crippen LogP contribution in [-0.4, -0.2) is 60.0 Å². The standard InChI is InChI=1S/C21H25N7O2.ClH/c1-14-13-26(12-9-22-14)17-3-7-23-20-15(17)5-10-27(20)21(29)25-16-6-11-28-18(4-8-24-28)19(16)30-2;/h3-4,6-8,11,14,22H,5,9-10,12-13H2,1-2H3,(H,25,29);1H/t14-;/m1./s1. The second-order valence-electron chi connectivity index (χ2n) is 7.69. The van der Waals surface area contributed by atoms with Crippen molar-refractivity contribution in [3.05, 3.63) is 42.4 Å². The molecule has 0 radical (unpaired) electrons. The van der Waals surface area contributed by atoms with E-state index in [0.717, 1.165) is 43.0 Å². The van der Waals surface area contributed by atoms with Gasteiger partial charge in [0.2, 0.25) is 0 Å². The zero-order valence-electron chi connectivity index (χ0n) is 17.5. The minimum atomic E-state index is -0.214. The highest BCUT2D eigenvalue weighted by Gasteiger charge is 2.31. The molecule has 2 aliphatic rings. The molecule has 3 aromatic heterocycles.